The first-order chi connectivity index (χ1) is 9.63. The van der Waals surface area contributed by atoms with Crippen LogP contribution < -0.4 is 4.74 Å². The molecule has 0 fully saturated rings. The quantitative estimate of drug-likeness (QED) is 0.884. The van der Waals surface area contributed by atoms with Gasteiger partial charge < -0.3 is 14.9 Å². The second kappa shape index (κ2) is 4.78. The lowest BCUT2D eigenvalue weighted by Crippen LogP contribution is -1.98. The van der Waals surface area contributed by atoms with Crippen molar-refractivity contribution >= 4 is 0 Å². The summed E-state index contributed by atoms with van der Waals surface area (Å²) in [6, 6.07) is 5.63. The number of benzene rings is 1. The van der Waals surface area contributed by atoms with E-state index in [0.717, 1.165) is 53.8 Å². The van der Waals surface area contributed by atoms with Gasteiger partial charge in [0.05, 0.1) is 12.8 Å². The molecule has 106 valence electrons. The van der Waals surface area contributed by atoms with Gasteiger partial charge in [-0.15, -0.1) is 0 Å². The molecule has 2 N–H and O–H groups in total. The zero-order valence-electron chi connectivity index (χ0n) is 11.8. The lowest BCUT2D eigenvalue weighted by Gasteiger charge is -2.11. The molecule has 0 aliphatic heterocycles. The highest BCUT2D eigenvalue weighted by atomic mass is 16.5. The van der Waals surface area contributed by atoms with Crippen molar-refractivity contribution in [2.45, 2.75) is 32.6 Å². The summed E-state index contributed by atoms with van der Waals surface area (Å²) in [7, 11) is 1.62. The minimum atomic E-state index is 0.156. The second-order valence-corrected chi connectivity index (χ2v) is 5.30. The zero-order valence-corrected chi connectivity index (χ0v) is 11.8. The number of aromatic hydroxyl groups is 2. The number of ether oxygens (including phenoxy) is 1. The molecule has 1 aliphatic rings. The van der Waals surface area contributed by atoms with E-state index >= 15 is 0 Å². The third kappa shape index (κ3) is 1.83. The van der Waals surface area contributed by atoms with Gasteiger partial charge in [0.1, 0.15) is 5.75 Å². The van der Waals surface area contributed by atoms with E-state index in [2.05, 4.69) is 0 Å². The third-order valence-corrected chi connectivity index (χ3v) is 4.08. The van der Waals surface area contributed by atoms with Gasteiger partial charge in [0.15, 0.2) is 0 Å². The number of hydrogen-bond acceptors (Lipinski definition) is 3. The Morgan fingerprint density at radius 2 is 1.65 bits per heavy atom. The van der Waals surface area contributed by atoms with Crippen molar-refractivity contribution in [3.63, 3.8) is 0 Å². The summed E-state index contributed by atoms with van der Waals surface area (Å²) in [6.45, 7) is 1.96. The summed E-state index contributed by atoms with van der Waals surface area (Å²) < 4.78 is 6.82. The van der Waals surface area contributed by atoms with Crippen molar-refractivity contribution in [3.05, 3.63) is 34.9 Å². The Hall–Kier alpha value is -2.10. The van der Waals surface area contributed by atoms with Crippen LogP contribution in [0.5, 0.6) is 17.5 Å². The fourth-order valence-electron chi connectivity index (χ4n) is 2.96. The number of aromatic nitrogens is 1. The van der Waals surface area contributed by atoms with Crippen LogP contribution in [0.3, 0.4) is 0 Å². The van der Waals surface area contributed by atoms with Crippen LogP contribution in [0.2, 0.25) is 0 Å². The van der Waals surface area contributed by atoms with Crippen molar-refractivity contribution < 1.29 is 14.9 Å². The first kappa shape index (κ1) is 12.9. The van der Waals surface area contributed by atoms with Crippen LogP contribution in [0.4, 0.5) is 0 Å². The highest BCUT2D eigenvalue weighted by molar-refractivity contribution is 5.55. The maximum Gasteiger partial charge on any atom is 0.202 e. The van der Waals surface area contributed by atoms with Gasteiger partial charge >= 0.3 is 0 Å². The lowest BCUT2D eigenvalue weighted by atomic mass is 9.95. The second-order valence-electron chi connectivity index (χ2n) is 5.30. The maximum absolute atomic E-state index is 10.4. The molecule has 1 aromatic heterocycles. The van der Waals surface area contributed by atoms with Crippen LogP contribution >= 0.6 is 0 Å². The van der Waals surface area contributed by atoms with E-state index in [9.17, 15) is 10.2 Å². The van der Waals surface area contributed by atoms with Gasteiger partial charge in [0, 0.05) is 17.2 Å². The fourth-order valence-corrected chi connectivity index (χ4v) is 2.96. The van der Waals surface area contributed by atoms with Crippen LogP contribution in [0.25, 0.3) is 5.69 Å². The minimum Gasteiger partial charge on any atom is -0.496 e. The molecule has 4 heteroatoms. The van der Waals surface area contributed by atoms with Crippen LogP contribution in [-0.4, -0.2) is 21.9 Å². The molecule has 1 aliphatic carbocycles. The van der Waals surface area contributed by atoms with E-state index in [1.807, 2.05) is 25.1 Å². The van der Waals surface area contributed by atoms with Crippen molar-refractivity contribution in [1.29, 1.82) is 0 Å². The van der Waals surface area contributed by atoms with E-state index in [1.165, 1.54) is 4.57 Å². The number of fused-ring (bicyclic) bond motifs is 1. The van der Waals surface area contributed by atoms with Crippen LogP contribution in [0.15, 0.2) is 18.2 Å². The largest absolute Gasteiger partial charge is 0.496 e. The van der Waals surface area contributed by atoms with E-state index in [-0.39, 0.29) is 11.8 Å². The van der Waals surface area contributed by atoms with Gasteiger partial charge in [-0.25, -0.2) is 0 Å². The summed E-state index contributed by atoms with van der Waals surface area (Å²) >= 11 is 0. The van der Waals surface area contributed by atoms with E-state index in [0.29, 0.717) is 0 Å². The Kier molecular flexibility index (Phi) is 3.08. The van der Waals surface area contributed by atoms with Crippen LogP contribution in [0, 0.1) is 6.92 Å². The molecule has 1 heterocycles. The number of rotatable bonds is 2. The van der Waals surface area contributed by atoms with Gasteiger partial charge in [-0.2, -0.15) is 0 Å². The summed E-state index contributed by atoms with van der Waals surface area (Å²) in [5.41, 5.74) is 3.51. The van der Waals surface area contributed by atoms with Crippen molar-refractivity contribution in [2.75, 3.05) is 7.11 Å². The van der Waals surface area contributed by atoms with E-state index in [4.69, 9.17) is 4.74 Å². The average Bonchev–Trinajstić information content (AvgIpc) is 2.72. The molecule has 3 rings (SSSR count). The number of methoxy groups -OCH3 is 1. The highest BCUT2D eigenvalue weighted by Gasteiger charge is 2.25. The molecular weight excluding hydrogens is 254 g/mol. The Balaban J connectivity index is 2.17. The number of nitrogens with zero attached hydrogens (tertiary/aromatic N) is 1. The molecule has 0 saturated heterocycles. The smallest absolute Gasteiger partial charge is 0.202 e. The Labute approximate surface area is 118 Å². The van der Waals surface area contributed by atoms with Crippen LogP contribution in [0.1, 0.15) is 29.5 Å². The van der Waals surface area contributed by atoms with Crippen molar-refractivity contribution in [1.82, 2.24) is 4.57 Å². The predicted molar refractivity (Wildman–Crippen MR) is 77.0 cm³/mol. The average molecular weight is 273 g/mol. The monoisotopic (exact) mass is 273 g/mol. The summed E-state index contributed by atoms with van der Waals surface area (Å²) in [5, 5.41) is 20.8. The van der Waals surface area contributed by atoms with Gasteiger partial charge in [-0.1, -0.05) is 6.07 Å². The first-order valence-electron chi connectivity index (χ1n) is 6.93. The summed E-state index contributed by atoms with van der Waals surface area (Å²) in [6.07, 6.45) is 3.76. The normalized spacial score (nSPS) is 14.1. The zero-order chi connectivity index (χ0) is 14.3. The summed E-state index contributed by atoms with van der Waals surface area (Å²) in [4.78, 5) is 0. The number of hydrogen-bond donors (Lipinski definition) is 2. The first-order valence-corrected chi connectivity index (χ1v) is 6.93. The molecular formula is C16H19NO3. The molecule has 0 spiro atoms. The predicted octanol–water partition coefficient (Wildman–Crippen LogP) is 3.08. The summed E-state index contributed by atoms with van der Waals surface area (Å²) in [5.74, 6) is 1.05. The van der Waals surface area contributed by atoms with Crippen LogP contribution in [-0.2, 0) is 12.8 Å². The van der Waals surface area contributed by atoms with Crippen molar-refractivity contribution in [2.24, 2.45) is 0 Å². The van der Waals surface area contributed by atoms with Gasteiger partial charge in [-0.3, -0.25) is 4.57 Å². The molecule has 0 radical (unpaired) electrons. The Morgan fingerprint density at radius 3 is 2.20 bits per heavy atom. The van der Waals surface area contributed by atoms with E-state index in [1.54, 1.807) is 7.11 Å². The number of aryl methyl sites for hydroxylation is 1. The third-order valence-electron chi connectivity index (χ3n) is 4.08. The highest BCUT2D eigenvalue weighted by Crippen LogP contribution is 2.41. The minimum absolute atomic E-state index is 0.156. The molecule has 0 atom stereocenters. The molecule has 2 aromatic rings. The lowest BCUT2D eigenvalue weighted by molar-refractivity contribution is 0.396. The van der Waals surface area contributed by atoms with Crippen molar-refractivity contribution in [3.8, 4) is 23.2 Å². The van der Waals surface area contributed by atoms with Gasteiger partial charge in [-0.05, 0) is 44.2 Å². The Morgan fingerprint density at radius 1 is 1.05 bits per heavy atom. The van der Waals surface area contributed by atoms with Gasteiger partial charge in [0.2, 0.25) is 11.8 Å². The molecule has 20 heavy (non-hydrogen) atoms. The van der Waals surface area contributed by atoms with Gasteiger partial charge in [0.25, 0.3) is 0 Å². The molecule has 1 aromatic carbocycles. The molecule has 4 nitrogen and oxygen atoms in total. The standard InChI is InChI=1S/C16H19NO3/c1-10-7-8-11(9-14(10)20-2)17-15(18)12-5-3-4-6-13(12)16(17)19/h7-9,18-19H,3-6H2,1-2H3. The topological polar surface area (TPSA) is 54.6 Å². The molecule has 0 amide bonds. The van der Waals surface area contributed by atoms with E-state index < -0.39 is 0 Å². The molecule has 0 unspecified atom stereocenters. The molecule has 0 saturated carbocycles. The maximum atomic E-state index is 10.4. The fraction of sp³-hybridized carbons (Fsp3) is 0.375. The SMILES string of the molecule is COc1cc(-n2c(O)c3c(c2O)CCCC3)ccc1C. The Bertz CT molecular complexity index is 629. The molecule has 0 bridgehead atoms.